The fourth-order valence-corrected chi connectivity index (χ4v) is 3.65. The second kappa shape index (κ2) is 4.52. The maximum absolute atomic E-state index is 3.70. The molecule has 1 saturated carbocycles. The third-order valence-corrected chi connectivity index (χ3v) is 5.19. The van der Waals surface area contributed by atoms with E-state index in [2.05, 4.69) is 27.8 Å². The number of piperidine rings is 1. The van der Waals surface area contributed by atoms with Gasteiger partial charge in [0, 0.05) is 18.4 Å². The Kier molecular flexibility index (Phi) is 3.54. The molecular formula is C12H22BrN. The first-order valence-electron chi connectivity index (χ1n) is 6.02. The average Bonchev–Trinajstić information content (AvgIpc) is 2.11. The summed E-state index contributed by atoms with van der Waals surface area (Å²) in [5, 5.41) is 1.21. The molecule has 2 aliphatic rings. The molecule has 0 aromatic carbocycles. The Bertz CT molecular complexity index is 183. The van der Waals surface area contributed by atoms with Crippen LogP contribution >= 0.6 is 15.9 Å². The van der Waals surface area contributed by atoms with Gasteiger partial charge in [0.05, 0.1) is 0 Å². The van der Waals surface area contributed by atoms with E-state index in [4.69, 9.17) is 0 Å². The van der Waals surface area contributed by atoms with Crippen molar-refractivity contribution in [2.45, 2.75) is 39.0 Å². The molecular weight excluding hydrogens is 238 g/mol. The zero-order valence-electron chi connectivity index (χ0n) is 9.27. The van der Waals surface area contributed by atoms with Crippen molar-refractivity contribution in [3.63, 3.8) is 0 Å². The Balaban J connectivity index is 1.83. The minimum Gasteiger partial charge on any atom is -0.302 e. The summed E-state index contributed by atoms with van der Waals surface area (Å²) in [7, 11) is 0. The van der Waals surface area contributed by atoms with Crippen LogP contribution in [0.5, 0.6) is 0 Å². The van der Waals surface area contributed by atoms with E-state index in [9.17, 15) is 0 Å². The van der Waals surface area contributed by atoms with Crippen LogP contribution in [0.4, 0.5) is 0 Å². The second-order valence-electron chi connectivity index (χ2n) is 5.47. The largest absolute Gasteiger partial charge is 0.302 e. The van der Waals surface area contributed by atoms with E-state index in [1.165, 1.54) is 57.1 Å². The van der Waals surface area contributed by atoms with Crippen molar-refractivity contribution in [1.29, 1.82) is 0 Å². The van der Waals surface area contributed by atoms with Crippen molar-refractivity contribution >= 4 is 15.9 Å². The van der Waals surface area contributed by atoms with Crippen molar-refractivity contribution in [2.75, 3.05) is 25.0 Å². The van der Waals surface area contributed by atoms with Gasteiger partial charge in [-0.1, -0.05) is 29.3 Å². The minimum absolute atomic E-state index is 0.650. The van der Waals surface area contributed by atoms with Gasteiger partial charge in [0.1, 0.15) is 0 Å². The standard InChI is InChI=1S/C12H22BrN/c1-11-4-2-7-14(8-11)10-12(9-13)5-3-6-12/h11H,2-10H2,1H3. The van der Waals surface area contributed by atoms with Gasteiger partial charge in [-0.2, -0.15) is 0 Å². The van der Waals surface area contributed by atoms with E-state index in [-0.39, 0.29) is 0 Å². The fraction of sp³-hybridized carbons (Fsp3) is 1.00. The zero-order chi connectivity index (χ0) is 10.0. The van der Waals surface area contributed by atoms with E-state index in [1.54, 1.807) is 0 Å². The smallest absolute Gasteiger partial charge is 0.0100 e. The van der Waals surface area contributed by atoms with Gasteiger partial charge < -0.3 is 4.90 Å². The van der Waals surface area contributed by atoms with Gasteiger partial charge in [-0.25, -0.2) is 0 Å². The van der Waals surface area contributed by atoms with Crippen molar-refractivity contribution < 1.29 is 0 Å². The van der Waals surface area contributed by atoms with Gasteiger partial charge in [0.15, 0.2) is 0 Å². The summed E-state index contributed by atoms with van der Waals surface area (Å²) in [4.78, 5) is 2.70. The normalized spacial score (nSPS) is 32.6. The number of likely N-dealkylation sites (tertiary alicyclic amines) is 1. The van der Waals surface area contributed by atoms with Crippen LogP contribution in [0.2, 0.25) is 0 Å². The van der Waals surface area contributed by atoms with Gasteiger partial charge in [-0.3, -0.25) is 0 Å². The number of halogens is 1. The molecule has 1 aliphatic heterocycles. The van der Waals surface area contributed by atoms with Crippen LogP contribution in [0.1, 0.15) is 39.0 Å². The Labute approximate surface area is 96.4 Å². The topological polar surface area (TPSA) is 3.24 Å². The van der Waals surface area contributed by atoms with Gasteiger partial charge in [0.25, 0.3) is 0 Å². The summed E-state index contributed by atoms with van der Waals surface area (Å²) >= 11 is 3.70. The Morgan fingerprint density at radius 1 is 1.36 bits per heavy atom. The molecule has 2 rings (SSSR count). The summed E-state index contributed by atoms with van der Waals surface area (Å²) in [5.41, 5.74) is 0.650. The number of alkyl halides is 1. The van der Waals surface area contributed by atoms with Crippen LogP contribution in [0.25, 0.3) is 0 Å². The molecule has 0 aromatic rings. The molecule has 2 heteroatoms. The van der Waals surface area contributed by atoms with Crippen molar-refractivity contribution in [3.8, 4) is 0 Å². The quantitative estimate of drug-likeness (QED) is 0.704. The SMILES string of the molecule is CC1CCCN(CC2(CBr)CCC2)C1. The van der Waals surface area contributed by atoms with Crippen LogP contribution in [-0.4, -0.2) is 29.9 Å². The van der Waals surface area contributed by atoms with Crippen LogP contribution < -0.4 is 0 Å². The maximum atomic E-state index is 3.70. The molecule has 1 saturated heterocycles. The van der Waals surface area contributed by atoms with E-state index in [1.807, 2.05) is 0 Å². The highest BCUT2D eigenvalue weighted by atomic mass is 79.9. The Morgan fingerprint density at radius 2 is 2.14 bits per heavy atom. The Hall–Kier alpha value is 0.440. The molecule has 2 fully saturated rings. The molecule has 1 atom stereocenters. The van der Waals surface area contributed by atoms with E-state index < -0.39 is 0 Å². The summed E-state index contributed by atoms with van der Waals surface area (Å²) in [6, 6.07) is 0. The third-order valence-electron chi connectivity index (χ3n) is 4.00. The van der Waals surface area contributed by atoms with Gasteiger partial charge in [-0.05, 0) is 43.6 Å². The molecule has 1 heterocycles. The second-order valence-corrected chi connectivity index (χ2v) is 6.03. The fourth-order valence-electron chi connectivity index (χ4n) is 2.92. The molecule has 82 valence electrons. The lowest BCUT2D eigenvalue weighted by molar-refractivity contribution is 0.0666. The van der Waals surface area contributed by atoms with Crippen molar-refractivity contribution in [3.05, 3.63) is 0 Å². The lowest BCUT2D eigenvalue weighted by atomic mass is 9.70. The summed E-state index contributed by atoms with van der Waals surface area (Å²) in [6.45, 7) is 6.43. The van der Waals surface area contributed by atoms with Crippen LogP contribution in [0.15, 0.2) is 0 Å². The first kappa shape index (κ1) is 10.9. The van der Waals surface area contributed by atoms with Gasteiger partial charge in [-0.15, -0.1) is 0 Å². The predicted molar refractivity (Wildman–Crippen MR) is 64.9 cm³/mol. The molecule has 0 radical (unpaired) electrons. The summed E-state index contributed by atoms with van der Waals surface area (Å²) in [6.07, 6.45) is 7.21. The first-order chi connectivity index (χ1) is 6.74. The minimum atomic E-state index is 0.650. The lowest BCUT2D eigenvalue weighted by Gasteiger charge is -2.45. The van der Waals surface area contributed by atoms with Crippen LogP contribution in [-0.2, 0) is 0 Å². The summed E-state index contributed by atoms with van der Waals surface area (Å²) < 4.78 is 0. The molecule has 0 aromatic heterocycles. The van der Waals surface area contributed by atoms with Crippen molar-refractivity contribution in [1.82, 2.24) is 4.90 Å². The van der Waals surface area contributed by atoms with Crippen LogP contribution in [0.3, 0.4) is 0 Å². The van der Waals surface area contributed by atoms with Gasteiger partial charge in [0.2, 0.25) is 0 Å². The number of hydrogen-bond acceptors (Lipinski definition) is 1. The van der Waals surface area contributed by atoms with Crippen LogP contribution in [0, 0.1) is 11.3 Å². The monoisotopic (exact) mass is 259 g/mol. The number of rotatable bonds is 3. The molecule has 0 N–H and O–H groups in total. The van der Waals surface area contributed by atoms with E-state index >= 15 is 0 Å². The third kappa shape index (κ3) is 2.33. The number of nitrogens with zero attached hydrogens (tertiary/aromatic N) is 1. The molecule has 14 heavy (non-hydrogen) atoms. The summed E-state index contributed by atoms with van der Waals surface area (Å²) in [5.74, 6) is 0.927. The van der Waals surface area contributed by atoms with Crippen molar-refractivity contribution in [2.24, 2.45) is 11.3 Å². The average molecular weight is 260 g/mol. The lowest BCUT2D eigenvalue weighted by Crippen LogP contribution is -2.46. The first-order valence-corrected chi connectivity index (χ1v) is 7.15. The molecule has 1 unspecified atom stereocenters. The molecule has 0 amide bonds. The number of hydrogen-bond donors (Lipinski definition) is 0. The maximum Gasteiger partial charge on any atom is 0.0100 e. The highest BCUT2D eigenvalue weighted by Crippen LogP contribution is 2.43. The highest BCUT2D eigenvalue weighted by Gasteiger charge is 2.37. The van der Waals surface area contributed by atoms with E-state index in [0.29, 0.717) is 5.41 Å². The van der Waals surface area contributed by atoms with E-state index in [0.717, 1.165) is 5.92 Å². The Morgan fingerprint density at radius 3 is 2.64 bits per heavy atom. The molecule has 0 spiro atoms. The van der Waals surface area contributed by atoms with Gasteiger partial charge >= 0.3 is 0 Å². The molecule has 1 aliphatic carbocycles. The zero-order valence-corrected chi connectivity index (χ0v) is 10.9. The predicted octanol–water partition coefficient (Wildman–Crippen LogP) is 3.28. The molecule has 0 bridgehead atoms. The molecule has 1 nitrogen and oxygen atoms in total. The highest BCUT2D eigenvalue weighted by molar-refractivity contribution is 9.09.